The van der Waals surface area contributed by atoms with Crippen molar-refractivity contribution in [2.45, 2.75) is 125 Å². The Bertz CT molecular complexity index is 828. The van der Waals surface area contributed by atoms with Gasteiger partial charge in [-0.15, -0.1) is 0 Å². The molecule has 0 aromatic carbocycles. The van der Waals surface area contributed by atoms with Gasteiger partial charge in [0.15, 0.2) is 0 Å². The highest BCUT2D eigenvalue weighted by atomic mass is 16.4. The van der Waals surface area contributed by atoms with Crippen molar-refractivity contribution in [1.82, 2.24) is 0 Å². The summed E-state index contributed by atoms with van der Waals surface area (Å²) in [6.45, 7) is 16.4. The lowest BCUT2D eigenvalue weighted by molar-refractivity contribution is -0.236. The Morgan fingerprint density at radius 2 is 1.55 bits per heavy atom. The molecule has 5 aliphatic rings. The lowest BCUT2D eigenvalue weighted by atomic mass is 9.41. The van der Waals surface area contributed by atoms with E-state index >= 15 is 0 Å². The smallest absolute Gasteiger partial charge is 0.107 e. The lowest BCUT2D eigenvalue weighted by Crippen LogP contribution is -2.65. The van der Waals surface area contributed by atoms with E-state index < -0.39 is 18.3 Å². The second-order valence-corrected chi connectivity index (χ2v) is 14.6. The van der Waals surface area contributed by atoms with Crippen LogP contribution in [-0.2, 0) is 0 Å². The predicted octanol–water partition coefficient (Wildman–Crippen LogP) is 6.11. The zero-order valence-corrected chi connectivity index (χ0v) is 22.3. The third-order valence-electron chi connectivity index (χ3n) is 13.1. The molecule has 0 aliphatic heterocycles. The minimum Gasteiger partial charge on any atom is -0.390 e. The molecule has 3 heteroatoms. The second kappa shape index (κ2) is 7.32. The Kier molecular flexibility index (Phi) is 5.40. The molecule has 0 aromatic heterocycles. The Morgan fingerprint density at radius 3 is 2.21 bits per heavy atom. The summed E-state index contributed by atoms with van der Waals surface area (Å²) < 4.78 is 0. The molecule has 0 unspecified atom stereocenters. The molecule has 5 aliphatic carbocycles. The van der Waals surface area contributed by atoms with Crippen molar-refractivity contribution in [3.05, 3.63) is 11.6 Å². The van der Waals surface area contributed by atoms with Gasteiger partial charge in [0.05, 0.1) is 12.2 Å². The van der Waals surface area contributed by atoms with Crippen LogP contribution in [-0.4, -0.2) is 33.6 Å². The summed E-state index contributed by atoms with van der Waals surface area (Å²) >= 11 is 0. The minimum absolute atomic E-state index is 0.169. The van der Waals surface area contributed by atoms with Crippen LogP contribution in [0, 0.1) is 50.7 Å². The zero-order valence-electron chi connectivity index (χ0n) is 22.3. The summed E-state index contributed by atoms with van der Waals surface area (Å²) in [5.41, 5.74) is 1.77. The largest absolute Gasteiger partial charge is 0.390 e. The predicted molar refractivity (Wildman–Crippen MR) is 133 cm³/mol. The van der Waals surface area contributed by atoms with Gasteiger partial charge in [0, 0.05) is 5.41 Å². The first kappa shape index (κ1) is 24.3. The maximum Gasteiger partial charge on any atom is 0.107 e. The van der Waals surface area contributed by atoms with E-state index in [1.165, 1.54) is 50.5 Å². The number of hydrogen-bond donors (Lipinski definition) is 3. The topological polar surface area (TPSA) is 60.7 Å². The van der Waals surface area contributed by atoms with Crippen molar-refractivity contribution in [2.24, 2.45) is 50.7 Å². The Labute approximate surface area is 202 Å². The molecule has 0 saturated heterocycles. The molecule has 188 valence electrons. The van der Waals surface area contributed by atoms with E-state index in [4.69, 9.17) is 0 Å². The van der Waals surface area contributed by atoms with E-state index in [1.54, 1.807) is 0 Å². The molecule has 0 amide bonds. The maximum atomic E-state index is 11.5. The molecule has 5 fully saturated rings. The van der Waals surface area contributed by atoms with Crippen LogP contribution in [0.15, 0.2) is 11.6 Å². The molecule has 0 heterocycles. The van der Waals surface area contributed by atoms with Crippen molar-refractivity contribution in [3.63, 3.8) is 0 Å². The molecule has 5 rings (SSSR count). The summed E-state index contributed by atoms with van der Waals surface area (Å²) in [5, 5.41) is 33.3. The van der Waals surface area contributed by atoms with Crippen LogP contribution in [0.1, 0.15) is 106 Å². The standard InChI is InChI=1S/C30H50O3/c1-18(2)9-8-10-19(3)20-13-14-28(7)22-12-11-21-26(4,5)24(32)23(31)25(33)30(21)17-29(22,30)16-15-27(20,28)6/h9,19-25,31-33H,8,10-17H2,1-7H3/t19-,20-,21+,22+,23+,24+,25+,27-,28+,29+,30-/m1/s1. The third-order valence-corrected chi connectivity index (χ3v) is 13.1. The van der Waals surface area contributed by atoms with Gasteiger partial charge >= 0.3 is 0 Å². The van der Waals surface area contributed by atoms with Crippen LogP contribution in [0.3, 0.4) is 0 Å². The lowest BCUT2D eigenvalue weighted by Gasteiger charge is -2.64. The Balaban J connectivity index is 1.45. The zero-order chi connectivity index (χ0) is 24.2. The molecule has 2 spiro atoms. The molecule has 5 saturated carbocycles. The van der Waals surface area contributed by atoms with Crippen LogP contribution < -0.4 is 0 Å². The van der Waals surface area contributed by atoms with Crippen LogP contribution in [0.4, 0.5) is 0 Å². The Hall–Kier alpha value is -0.380. The summed E-state index contributed by atoms with van der Waals surface area (Å²) in [7, 11) is 0. The minimum atomic E-state index is -1.01. The van der Waals surface area contributed by atoms with Crippen molar-refractivity contribution < 1.29 is 15.3 Å². The molecule has 0 radical (unpaired) electrons. The summed E-state index contributed by atoms with van der Waals surface area (Å²) in [4.78, 5) is 0. The molecule has 3 nitrogen and oxygen atoms in total. The maximum absolute atomic E-state index is 11.5. The van der Waals surface area contributed by atoms with E-state index in [0.717, 1.165) is 24.7 Å². The van der Waals surface area contributed by atoms with E-state index in [0.29, 0.717) is 22.7 Å². The number of aliphatic hydroxyl groups is 3. The molecule has 0 aromatic rings. The summed E-state index contributed by atoms with van der Waals surface area (Å²) in [5.74, 6) is 2.49. The van der Waals surface area contributed by atoms with Crippen LogP contribution in [0.5, 0.6) is 0 Å². The third kappa shape index (κ3) is 2.80. The van der Waals surface area contributed by atoms with Crippen molar-refractivity contribution >= 4 is 0 Å². The number of fused-ring (bicyclic) bond motifs is 2. The highest BCUT2D eigenvalue weighted by Crippen LogP contribution is 2.89. The van der Waals surface area contributed by atoms with Crippen molar-refractivity contribution in [1.29, 1.82) is 0 Å². The molecular formula is C30H50O3. The SMILES string of the molecule is CC(C)=CCC[C@@H](C)[C@H]1CC[C@@]2(C)[C@@H]3CC[C@H]4C(C)(C)[C@@H](O)[C@H](O)[C@H](O)[C@@]45C[C@@]35CC[C@]12C. The van der Waals surface area contributed by atoms with E-state index in [2.05, 4.69) is 54.5 Å². The number of rotatable bonds is 4. The molecule has 33 heavy (non-hydrogen) atoms. The average molecular weight is 459 g/mol. The monoisotopic (exact) mass is 458 g/mol. The van der Waals surface area contributed by atoms with Gasteiger partial charge in [0.1, 0.15) is 6.10 Å². The van der Waals surface area contributed by atoms with E-state index in [9.17, 15) is 15.3 Å². The molecule has 3 N–H and O–H groups in total. The normalized spacial score (nSPS) is 55.0. The molecule has 0 bridgehead atoms. The van der Waals surface area contributed by atoms with E-state index in [-0.39, 0.29) is 16.2 Å². The van der Waals surface area contributed by atoms with Crippen LogP contribution in [0.25, 0.3) is 0 Å². The summed E-state index contributed by atoms with van der Waals surface area (Å²) in [6, 6.07) is 0. The van der Waals surface area contributed by atoms with Gasteiger partial charge in [-0.2, -0.15) is 0 Å². The first-order valence-electron chi connectivity index (χ1n) is 14.0. The molecule has 11 atom stereocenters. The highest BCUT2D eigenvalue weighted by Gasteiger charge is 2.85. The van der Waals surface area contributed by atoms with Crippen molar-refractivity contribution in [3.8, 4) is 0 Å². The van der Waals surface area contributed by atoms with Gasteiger partial charge in [0.25, 0.3) is 0 Å². The van der Waals surface area contributed by atoms with Gasteiger partial charge in [-0.05, 0) is 117 Å². The van der Waals surface area contributed by atoms with Gasteiger partial charge in [0.2, 0.25) is 0 Å². The fraction of sp³-hybridized carbons (Fsp3) is 0.933. The second-order valence-electron chi connectivity index (χ2n) is 14.6. The van der Waals surface area contributed by atoms with Crippen LogP contribution >= 0.6 is 0 Å². The van der Waals surface area contributed by atoms with Gasteiger partial charge in [-0.3, -0.25) is 0 Å². The molecular weight excluding hydrogens is 408 g/mol. The van der Waals surface area contributed by atoms with Gasteiger partial charge in [-0.1, -0.05) is 46.3 Å². The first-order chi connectivity index (χ1) is 15.3. The highest BCUT2D eigenvalue weighted by molar-refractivity contribution is 5.33. The number of aliphatic hydroxyl groups excluding tert-OH is 3. The average Bonchev–Trinajstić information content (AvgIpc) is 3.35. The van der Waals surface area contributed by atoms with Crippen LogP contribution in [0.2, 0.25) is 0 Å². The van der Waals surface area contributed by atoms with Gasteiger partial charge < -0.3 is 15.3 Å². The Morgan fingerprint density at radius 1 is 0.879 bits per heavy atom. The first-order valence-corrected chi connectivity index (χ1v) is 14.0. The fourth-order valence-corrected chi connectivity index (χ4v) is 11.2. The quantitative estimate of drug-likeness (QED) is 0.445. The van der Waals surface area contributed by atoms with E-state index in [1.807, 2.05) is 0 Å². The number of allylic oxidation sites excluding steroid dienone is 2. The van der Waals surface area contributed by atoms with Crippen molar-refractivity contribution in [2.75, 3.05) is 0 Å². The summed E-state index contributed by atoms with van der Waals surface area (Å²) in [6.07, 6.45) is 10.8. The fourth-order valence-electron chi connectivity index (χ4n) is 11.2. The van der Waals surface area contributed by atoms with Gasteiger partial charge in [-0.25, -0.2) is 0 Å². The number of hydrogen-bond acceptors (Lipinski definition) is 3.